The summed E-state index contributed by atoms with van der Waals surface area (Å²) < 4.78 is 17.9. The lowest BCUT2D eigenvalue weighted by atomic mass is 10.2. The second-order valence-electron chi connectivity index (χ2n) is 5.26. The van der Waals surface area contributed by atoms with Crippen molar-refractivity contribution in [1.82, 2.24) is 26.0 Å². The van der Waals surface area contributed by atoms with E-state index in [0.717, 1.165) is 12.1 Å². The molecular formula is C17H14FN5O3. The van der Waals surface area contributed by atoms with Gasteiger partial charge in [0.05, 0.1) is 0 Å². The Labute approximate surface area is 147 Å². The van der Waals surface area contributed by atoms with Gasteiger partial charge in [0.15, 0.2) is 0 Å². The van der Waals surface area contributed by atoms with Crippen LogP contribution in [0.4, 0.5) is 4.39 Å². The number of amides is 2. The SMILES string of the molecule is O=C(CCc1nc(-c2cccnc2)no1)NNC(=O)c1ccc(F)cc1. The zero-order valence-electron chi connectivity index (χ0n) is 13.5. The summed E-state index contributed by atoms with van der Waals surface area (Å²) in [7, 11) is 0. The number of aryl methyl sites for hydroxylation is 1. The van der Waals surface area contributed by atoms with Gasteiger partial charge in [-0.15, -0.1) is 0 Å². The normalized spacial score (nSPS) is 10.3. The van der Waals surface area contributed by atoms with Crippen molar-refractivity contribution in [3.63, 3.8) is 0 Å². The topological polar surface area (TPSA) is 110 Å². The molecule has 0 fully saturated rings. The third-order valence-corrected chi connectivity index (χ3v) is 3.38. The smallest absolute Gasteiger partial charge is 0.269 e. The molecule has 0 spiro atoms. The maximum Gasteiger partial charge on any atom is 0.269 e. The second-order valence-corrected chi connectivity index (χ2v) is 5.26. The lowest BCUT2D eigenvalue weighted by Gasteiger charge is -2.06. The summed E-state index contributed by atoms with van der Waals surface area (Å²) >= 11 is 0. The number of carbonyl (C=O) groups excluding carboxylic acids is 2. The van der Waals surface area contributed by atoms with Crippen molar-refractivity contribution in [1.29, 1.82) is 0 Å². The molecule has 0 bridgehead atoms. The van der Waals surface area contributed by atoms with Crippen LogP contribution in [0.15, 0.2) is 53.3 Å². The van der Waals surface area contributed by atoms with Crippen LogP contribution < -0.4 is 10.9 Å². The van der Waals surface area contributed by atoms with Gasteiger partial charge in [-0.1, -0.05) is 5.16 Å². The number of nitrogens with zero attached hydrogens (tertiary/aromatic N) is 3. The molecule has 132 valence electrons. The van der Waals surface area contributed by atoms with E-state index in [4.69, 9.17) is 4.52 Å². The first-order valence-corrected chi connectivity index (χ1v) is 7.69. The van der Waals surface area contributed by atoms with E-state index >= 15 is 0 Å². The van der Waals surface area contributed by atoms with E-state index in [2.05, 4.69) is 26.0 Å². The highest BCUT2D eigenvalue weighted by Gasteiger charge is 2.12. The van der Waals surface area contributed by atoms with Crippen molar-refractivity contribution in [3.8, 4) is 11.4 Å². The summed E-state index contributed by atoms with van der Waals surface area (Å²) in [5.41, 5.74) is 5.46. The molecule has 2 N–H and O–H groups in total. The van der Waals surface area contributed by atoms with Crippen LogP contribution in [0.1, 0.15) is 22.7 Å². The van der Waals surface area contributed by atoms with Crippen LogP contribution >= 0.6 is 0 Å². The summed E-state index contributed by atoms with van der Waals surface area (Å²) in [5.74, 6) is -0.741. The van der Waals surface area contributed by atoms with Crippen molar-refractivity contribution < 1.29 is 18.5 Å². The molecule has 0 saturated carbocycles. The number of aromatic nitrogens is 3. The van der Waals surface area contributed by atoms with Crippen molar-refractivity contribution in [2.75, 3.05) is 0 Å². The van der Waals surface area contributed by atoms with Gasteiger partial charge in [-0.3, -0.25) is 25.4 Å². The van der Waals surface area contributed by atoms with E-state index in [9.17, 15) is 14.0 Å². The maximum atomic E-state index is 12.8. The number of carbonyl (C=O) groups is 2. The summed E-state index contributed by atoms with van der Waals surface area (Å²) in [6.45, 7) is 0. The maximum absolute atomic E-state index is 12.8. The zero-order chi connectivity index (χ0) is 18.4. The largest absolute Gasteiger partial charge is 0.339 e. The van der Waals surface area contributed by atoms with E-state index in [1.165, 1.54) is 12.1 Å². The molecule has 2 amide bonds. The predicted octanol–water partition coefficient (Wildman–Crippen LogP) is 1.66. The fourth-order valence-corrected chi connectivity index (χ4v) is 2.05. The van der Waals surface area contributed by atoms with Gasteiger partial charge in [-0.25, -0.2) is 4.39 Å². The Morgan fingerprint density at radius 3 is 2.65 bits per heavy atom. The van der Waals surface area contributed by atoms with E-state index in [0.29, 0.717) is 17.3 Å². The molecule has 0 saturated heterocycles. The summed E-state index contributed by atoms with van der Waals surface area (Å²) in [5, 5.41) is 3.83. The summed E-state index contributed by atoms with van der Waals surface area (Å²) in [6.07, 6.45) is 3.49. The van der Waals surface area contributed by atoms with Crippen molar-refractivity contribution in [2.45, 2.75) is 12.8 Å². The van der Waals surface area contributed by atoms with E-state index in [1.807, 2.05) is 0 Å². The molecular weight excluding hydrogens is 341 g/mol. The summed E-state index contributed by atoms with van der Waals surface area (Å²) in [4.78, 5) is 31.7. The van der Waals surface area contributed by atoms with Gasteiger partial charge < -0.3 is 4.52 Å². The number of halogens is 1. The van der Waals surface area contributed by atoms with Gasteiger partial charge in [0.1, 0.15) is 5.82 Å². The minimum Gasteiger partial charge on any atom is -0.339 e. The lowest BCUT2D eigenvalue weighted by Crippen LogP contribution is -2.41. The standard InChI is InChI=1S/C17H14FN5O3/c18-13-5-3-11(4-6-13)17(25)22-21-14(24)7-8-15-20-16(23-26-15)12-2-1-9-19-10-12/h1-6,9-10H,7-8H2,(H,21,24)(H,22,25). The number of benzene rings is 1. The fraction of sp³-hybridized carbons (Fsp3) is 0.118. The van der Waals surface area contributed by atoms with Crippen LogP contribution in [0.2, 0.25) is 0 Å². The van der Waals surface area contributed by atoms with E-state index < -0.39 is 17.6 Å². The molecule has 2 aromatic heterocycles. The average Bonchev–Trinajstić information content (AvgIpc) is 3.15. The quantitative estimate of drug-likeness (QED) is 0.674. The molecule has 0 atom stereocenters. The lowest BCUT2D eigenvalue weighted by molar-refractivity contribution is -0.121. The first kappa shape index (κ1) is 17.2. The highest BCUT2D eigenvalue weighted by Crippen LogP contribution is 2.14. The highest BCUT2D eigenvalue weighted by molar-refractivity contribution is 5.95. The Balaban J connectivity index is 1.46. The molecule has 0 unspecified atom stereocenters. The molecule has 3 aromatic rings. The van der Waals surface area contributed by atoms with E-state index in [-0.39, 0.29) is 18.4 Å². The molecule has 0 aliphatic heterocycles. The van der Waals surface area contributed by atoms with Crippen LogP contribution in [-0.2, 0) is 11.2 Å². The van der Waals surface area contributed by atoms with Crippen LogP contribution in [-0.4, -0.2) is 26.9 Å². The molecule has 0 aliphatic rings. The molecule has 8 nitrogen and oxygen atoms in total. The van der Waals surface area contributed by atoms with Crippen LogP contribution in [0.25, 0.3) is 11.4 Å². The molecule has 3 rings (SSSR count). The van der Waals surface area contributed by atoms with Gasteiger partial charge in [0, 0.05) is 36.4 Å². The number of rotatable bonds is 5. The number of hydrazine groups is 1. The van der Waals surface area contributed by atoms with Gasteiger partial charge in [-0.2, -0.15) is 4.98 Å². The third-order valence-electron chi connectivity index (χ3n) is 3.38. The zero-order valence-corrected chi connectivity index (χ0v) is 13.5. The first-order valence-electron chi connectivity index (χ1n) is 7.69. The molecule has 2 heterocycles. The monoisotopic (exact) mass is 355 g/mol. The van der Waals surface area contributed by atoms with Crippen LogP contribution in [0.3, 0.4) is 0 Å². The molecule has 0 aliphatic carbocycles. The van der Waals surface area contributed by atoms with Crippen molar-refractivity contribution in [2.24, 2.45) is 0 Å². The Morgan fingerprint density at radius 1 is 1.12 bits per heavy atom. The second kappa shape index (κ2) is 7.97. The summed E-state index contributed by atoms with van der Waals surface area (Å²) in [6, 6.07) is 8.49. The Morgan fingerprint density at radius 2 is 1.92 bits per heavy atom. The average molecular weight is 355 g/mol. The van der Waals surface area contributed by atoms with Gasteiger partial charge in [-0.05, 0) is 36.4 Å². The van der Waals surface area contributed by atoms with Crippen LogP contribution in [0.5, 0.6) is 0 Å². The Kier molecular flexibility index (Phi) is 5.28. The van der Waals surface area contributed by atoms with Crippen molar-refractivity contribution in [3.05, 3.63) is 66.1 Å². The fourth-order valence-electron chi connectivity index (χ4n) is 2.05. The number of hydrogen-bond acceptors (Lipinski definition) is 6. The molecule has 26 heavy (non-hydrogen) atoms. The van der Waals surface area contributed by atoms with Crippen molar-refractivity contribution >= 4 is 11.8 Å². The number of hydrogen-bond donors (Lipinski definition) is 2. The molecule has 9 heteroatoms. The number of pyridine rings is 1. The van der Waals surface area contributed by atoms with Gasteiger partial charge in [0.25, 0.3) is 5.91 Å². The predicted molar refractivity (Wildman–Crippen MR) is 87.9 cm³/mol. The third kappa shape index (κ3) is 4.47. The van der Waals surface area contributed by atoms with E-state index in [1.54, 1.807) is 24.5 Å². The molecule has 0 radical (unpaired) electrons. The molecule has 1 aromatic carbocycles. The minimum atomic E-state index is -0.546. The van der Waals surface area contributed by atoms with Gasteiger partial charge >= 0.3 is 0 Å². The Hall–Kier alpha value is -3.62. The van der Waals surface area contributed by atoms with Gasteiger partial charge in [0.2, 0.25) is 17.6 Å². The minimum absolute atomic E-state index is 0.0401. The highest BCUT2D eigenvalue weighted by atomic mass is 19.1. The number of nitrogens with one attached hydrogen (secondary N) is 2. The first-order chi connectivity index (χ1) is 12.6. The van der Waals surface area contributed by atoms with Crippen LogP contribution in [0, 0.1) is 5.82 Å². The Bertz CT molecular complexity index is 896.